The zero-order chi connectivity index (χ0) is 23.2. The summed E-state index contributed by atoms with van der Waals surface area (Å²) in [5.41, 5.74) is -0.999. The zero-order valence-corrected chi connectivity index (χ0v) is 17.9. The van der Waals surface area contributed by atoms with Crippen LogP contribution in [-0.2, 0) is 4.74 Å². The maximum absolute atomic E-state index is 15.1. The van der Waals surface area contributed by atoms with Crippen LogP contribution in [0, 0.1) is 29.3 Å². The number of anilines is 1. The van der Waals surface area contributed by atoms with Crippen molar-refractivity contribution in [3.05, 3.63) is 41.7 Å². The molecule has 6 nitrogen and oxygen atoms in total. The average Bonchev–Trinajstić information content (AvgIpc) is 3.24. The van der Waals surface area contributed by atoms with E-state index in [0.29, 0.717) is 19.0 Å². The van der Waals surface area contributed by atoms with E-state index in [1.807, 2.05) is 0 Å². The van der Waals surface area contributed by atoms with Crippen molar-refractivity contribution in [2.24, 2.45) is 11.8 Å². The lowest BCUT2D eigenvalue weighted by atomic mass is 10.0. The molecule has 1 aromatic heterocycles. The number of amides is 1. The van der Waals surface area contributed by atoms with Crippen LogP contribution in [0.25, 0.3) is 11.3 Å². The molecule has 1 saturated carbocycles. The number of nitrogens with zero attached hydrogens (tertiary/aromatic N) is 3. The normalized spacial score (nSPS) is 25.0. The van der Waals surface area contributed by atoms with Gasteiger partial charge in [-0.1, -0.05) is 0 Å². The van der Waals surface area contributed by atoms with E-state index >= 15 is 4.39 Å². The number of carbonyl (C=O) groups is 1. The highest BCUT2D eigenvalue weighted by Crippen LogP contribution is 2.41. The molecule has 1 amide bonds. The van der Waals surface area contributed by atoms with Crippen LogP contribution >= 0.6 is 0 Å². The number of hydrogen-bond acceptors (Lipinski definition) is 5. The fourth-order valence-electron chi connectivity index (χ4n) is 4.36. The Kier molecular flexibility index (Phi) is 5.72. The van der Waals surface area contributed by atoms with Gasteiger partial charge in [-0.3, -0.25) is 0 Å². The first-order chi connectivity index (χ1) is 15.0. The van der Waals surface area contributed by atoms with Crippen molar-refractivity contribution in [3.63, 3.8) is 0 Å². The predicted molar refractivity (Wildman–Crippen MR) is 109 cm³/mol. The van der Waals surface area contributed by atoms with E-state index in [2.05, 4.69) is 15.5 Å². The summed E-state index contributed by atoms with van der Waals surface area (Å²) in [7, 11) is 0. The lowest BCUT2D eigenvalue weighted by molar-refractivity contribution is 0.0273. The largest absolute Gasteiger partial charge is 0.444 e. The molecule has 2 fully saturated rings. The summed E-state index contributed by atoms with van der Waals surface area (Å²) in [6, 6.07) is 3.58. The van der Waals surface area contributed by atoms with E-state index in [4.69, 9.17) is 4.74 Å². The number of aromatic nitrogens is 2. The van der Waals surface area contributed by atoms with Gasteiger partial charge < -0.3 is 15.0 Å². The van der Waals surface area contributed by atoms with E-state index in [1.165, 1.54) is 12.1 Å². The molecule has 172 valence electrons. The Labute approximate surface area is 183 Å². The zero-order valence-electron chi connectivity index (χ0n) is 17.9. The van der Waals surface area contributed by atoms with Gasteiger partial charge in [0.05, 0.1) is 11.7 Å². The van der Waals surface area contributed by atoms with Gasteiger partial charge in [-0.15, -0.1) is 10.2 Å². The second-order valence-corrected chi connectivity index (χ2v) is 9.29. The van der Waals surface area contributed by atoms with E-state index in [9.17, 15) is 18.0 Å². The average molecular weight is 452 g/mol. The first-order valence-corrected chi connectivity index (χ1v) is 10.4. The number of nitrogens with one attached hydrogen (secondary N) is 1. The molecular weight excluding hydrogens is 428 g/mol. The van der Waals surface area contributed by atoms with Gasteiger partial charge in [-0.2, -0.15) is 0 Å². The topological polar surface area (TPSA) is 67.3 Å². The molecule has 1 saturated heterocycles. The fourth-order valence-corrected chi connectivity index (χ4v) is 4.36. The first-order valence-electron chi connectivity index (χ1n) is 10.4. The van der Waals surface area contributed by atoms with Crippen LogP contribution < -0.4 is 5.32 Å². The number of rotatable bonds is 3. The lowest BCUT2D eigenvalue weighted by Crippen LogP contribution is -2.38. The number of fused-ring (bicyclic) bond motifs is 1. The molecule has 4 atom stereocenters. The van der Waals surface area contributed by atoms with Crippen molar-refractivity contribution in [3.8, 4) is 11.3 Å². The van der Waals surface area contributed by atoms with Crippen molar-refractivity contribution in [2.45, 2.75) is 45.0 Å². The SMILES string of the molecule is CC(C)(C)OC(=O)N1C[C@H]2C[C@H](Nc3ccc(-c4cc(F)cc(F)c4F)nn3)[C@H](F)[C@H]2C1. The Morgan fingerprint density at radius 2 is 1.91 bits per heavy atom. The third kappa shape index (κ3) is 4.49. The third-order valence-corrected chi connectivity index (χ3v) is 5.76. The highest BCUT2D eigenvalue weighted by atomic mass is 19.2. The van der Waals surface area contributed by atoms with Crippen LogP contribution in [0.3, 0.4) is 0 Å². The monoisotopic (exact) mass is 452 g/mol. The van der Waals surface area contributed by atoms with Gasteiger partial charge in [0.1, 0.15) is 23.4 Å². The van der Waals surface area contributed by atoms with Crippen molar-refractivity contribution in [2.75, 3.05) is 18.4 Å². The fraction of sp³-hybridized carbons (Fsp3) is 0.500. The maximum Gasteiger partial charge on any atom is 0.410 e. The summed E-state index contributed by atoms with van der Waals surface area (Å²) in [6.45, 7) is 6.06. The summed E-state index contributed by atoms with van der Waals surface area (Å²) in [5, 5.41) is 10.7. The molecule has 0 unspecified atom stereocenters. The minimum absolute atomic E-state index is 0.00776. The highest BCUT2D eigenvalue weighted by molar-refractivity contribution is 5.68. The Morgan fingerprint density at radius 1 is 1.16 bits per heavy atom. The minimum atomic E-state index is -1.32. The van der Waals surface area contributed by atoms with Crippen LogP contribution in [0.5, 0.6) is 0 Å². The number of likely N-dealkylation sites (tertiary alicyclic amines) is 1. The number of ether oxygens (including phenoxy) is 1. The molecule has 1 aromatic carbocycles. The molecule has 4 rings (SSSR count). The summed E-state index contributed by atoms with van der Waals surface area (Å²) in [6.07, 6.45) is -1.15. The van der Waals surface area contributed by atoms with Crippen LogP contribution in [0.1, 0.15) is 27.2 Å². The number of halogens is 4. The molecule has 32 heavy (non-hydrogen) atoms. The summed E-state index contributed by atoms with van der Waals surface area (Å²) in [4.78, 5) is 13.8. The van der Waals surface area contributed by atoms with Crippen molar-refractivity contribution >= 4 is 11.9 Å². The molecule has 2 aliphatic rings. The Morgan fingerprint density at radius 3 is 2.53 bits per heavy atom. The molecular formula is C22H24F4N4O2. The Hall–Kier alpha value is -2.91. The molecule has 1 N–H and O–H groups in total. The van der Waals surface area contributed by atoms with E-state index in [-0.39, 0.29) is 35.5 Å². The molecule has 2 heterocycles. The predicted octanol–water partition coefficient (Wildman–Crippen LogP) is 4.57. The molecule has 0 spiro atoms. The number of alkyl halides is 1. The van der Waals surface area contributed by atoms with Crippen molar-refractivity contribution < 1.29 is 27.1 Å². The van der Waals surface area contributed by atoms with Gasteiger partial charge >= 0.3 is 6.09 Å². The van der Waals surface area contributed by atoms with Crippen molar-refractivity contribution in [1.82, 2.24) is 15.1 Å². The quantitative estimate of drug-likeness (QED) is 0.546. The summed E-state index contributed by atoms with van der Waals surface area (Å²) < 4.78 is 61.2. The van der Waals surface area contributed by atoms with Gasteiger partial charge in [-0.25, -0.2) is 22.4 Å². The number of hydrogen-bond donors (Lipinski definition) is 1. The van der Waals surface area contributed by atoms with Crippen LogP contribution in [0.15, 0.2) is 24.3 Å². The molecule has 2 aromatic rings. The van der Waals surface area contributed by atoms with Crippen LogP contribution in [0.2, 0.25) is 0 Å². The van der Waals surface area contributed by atoms with E-state index in [0.717, 1.165) is 6.07 Å². The van der Waals surface area contributed by atoms with Crippen LogP contribution in [0.4, 0.5) is 28.2 Å². The Bertz CT molecular complexity index is 1010. The number of carbonyl (C=O) groups excluding carboxylic acids is 1. The second kappa shape index (κ2) is 8.22. The maximum atomic E-state index is 15.1. The lowest BCUT2D eigenvalue weighted by Gasteiger charge is -2.26. The third-order valence-electron chi connectivity index (χ3n) is 5.76. The molecule has 10 heteroatoms. The van der Waals surface area contributed by atoms with Gasteiger partial charge in [-0.05, 0) is 51.3 Å². The number of benzene rings is 1. The first kappa shape index (κ1) is 22.3. The summed E-state index contributed by atoms with van der Waals surface area (Å²) in [5.74, 6) is -3.52. The van der Waals surface area contributed by atoms with E-state index < -0.39 is 41.4 Å². The van der Waals surface area contributed by atoms with Gasteiger partial charge in [0.2, 0.25) is 0 Å². The van der Waals surface area contributed by atoms with Gasteiger partial charge in [0.25, 0.3) is 0 Å². The molecule has 0 bridgehead atoms. The summed E-state index contributed by atoms with van der Waals surface area (Å²) >= 11 is 0. The standard InChI is InChI=1S/C22H24F4N4O2/c1-22(2,3)32-21(31)30-9-11-6-17(20(26)14(11)10-30)27-18-5-4-16(28-29-18)13-7-12(23)8-15(24)19(13)25/h4-5,7-8,11,14,17,20H,6,9-10H2,1-3H3,(H,27,29)/t11-,14+,17+,20-/m1/s1. The highest BCUT2D eigenvalue weighted by Gasteiger charge is 2.50. The van der Waals surface area contributed by atoms with Crippen LogP contribution in [-0.4, -0.2) is 52.1 Å². The Balaban J connectivity index is 1.39. The van der Waals surface area contributed by atoms with Gasteiger partial charge in [0, 0.05) is 30.6 Å². The van der Waals surface area contributed by atoms with Crippen molar-refractivity contribution in [1.29, 1.82) is 0 Å². The minimum Gasteiger partial charge on any atom is -0.444 e. The second-order valence-electron chi connectivity index (χ2n) is 9.29. The molecule has 1 aliphatic heterocycles. The molecule has 1 aliphatic carbocycles. The van der Waals surface area contributed by atoms with Gasteiger partial charge in [0.15, 0.2) is 11.6 Å². The van der Waals surface area contributed by atoms with E-state index in [1.54, 1.807) is 25.7 Å². The molecule has 0 radical (unpaired) electrons. The smallest absolute Gasteiger partial charge is 0.410 e.